The average molecular weight is 1650 g/mol. The SMILES string of the molecule is C.COCc1cccc(CCC(/C=C/[C@H]2[C@H](O[Si](C)(C)C(C)(C)C)CC3OC(O)C[C@@H]32)O[Si](C)(C)C(C)(C)C)c1.COCc1cccc(CC[C@@H](/C=C/[C@H]2[C@H](O[Si](C)(C)C(C)(C)C)CC(=O)[C@@H]2C/C=C\CCCC(=O)O)C[Si](C)(C)C(C)(C)C)c1.O=C([O-])CCCC=P(c1ccccc1)(c1ccccc1)c1ccccc1.[K+]. The van der Waals surface area contributed by atoms with Crippen molar-refractivity contribution in [2.75, 3.05) is 14.2 Å². The molecule has 10 atom stereocenters. The van der Waals surface area contributed by atoms with Crippen molar-refractivity contribution in [1.82, 2.24) is 0 Å². The summed E-state index contributed by atoms with van der Waals surface area (Å²) in [5, 5.41) is 34.5. The number of hydrogen-bond acceptors (Lipinski definition) is 11. The largest absolute Gasteiger partial charge is 1.00 e. The molecule has 18 heteroatoms. The number of Topliss-reactive ketones (excluding diaryl/α,β-unsaturated/α-hetero) is 1. The van der Waals surface area contributed by atoms with Gasteiger partial charge in [0.1, 0.15) is 5.78 Å². The first kappa shape index (κ1) is 101. The van der Waals surface area contributed by atoms with E-state index in [9.17, 15) is 24.6 Å². The Bertz CT molecular complexity index is 3690. The summed E-state index contributed by atoms with van der Waals surface area (Å²) in [5.74, 6) is 1.76. The number of hydrogen-bond donors (Lipinski definition) is 2. The molecule has 0 aromatic heterocycles. The van der Waals surface area contributed by atoms with Gasteiger partial charge in [0.05, 0.1) is 45.7 Å². The summed E-state index contributed by atoms with van der Waals surface area (Å²) in [6.45, 7) is 46.0. The van der Waals surface area contributed by atoms with Gasteiger partial charge in [0.15, 0.2) is 31.2 Å². The molecular formula is C94H146KO12PSi4. The van der Waals surface area contributed by atoms with Crippen molar-refractivity contribution in [2.45, 2.75) is 303 Å². The van der Waals surface area contributed by atoms with Gasteiger partial charge < -0.3 is 47.6 Å². The second kappa shape index (κ2) is 45.6. The minimum atomic E-state index is -2.08. The van der Waals surface area contributed by atoms with E-state index in [-0.39, 0.29) is 135 Å². The summed E-state index contributed by atoms with van der Waals surface area (Å²) >= 11 is 0. The molecule has 0 spiro atoms. The minimum Gasteiger partial charge on any atom is -0.550 e. The second-order valence-corrected chi connectivity index (χ2v) is 60.9. The molecule has 12 nitrogen and oxygen atoms in total. The molecule has 3 fully saturated rings. The van der Waals surface area contributed by atoms with Crippen molar-refractivity contribution >= 4 is 79.3 Å². The number of unbranched alkanes of at least 4 members (excludes halogenated alkanes) is 2. The molecule has 2 aliphatic carbocycles. The van der Waals surface area contributed by atoms with Crippen molar-refractivity contribution in [1.29, 1.82) is 0 Å². The molecule has 3 unspecified atom stereocenters. The van der Waals surface area contributed by atoms with Crippen molar-refractivity contribution in [3.63, 3.8) is 0 Å². The Labute approximate surface area is 726 Å². The number of aryl methyl sites for hydroxylation is 2. The molecule has 3 aliphatic rings. The molecule has 5 aromatic rings. The van der Waals surface area contributed by atoms with Gasteiger partial charge >= 0.3 is 57.4 Å². The second-order valence-electron chi connectivity index (χ2n) is 37.6. The van der Waals surface area contributed by atoms with Crippen LogP contribution in [0.15, 0.2) is 176 Å². The van der Waals surface area contributed by atoms with Crippen LogP contribution in [0.1, 0.15) is 190 Å². The molecule has 1 heterocycles. The fourth-order valence-electron chi connectivity index (χ4n) is 14.4. The maximum absolute atomic E-state index is 13.5. The molecule has 112 heavy (non-hydrogen) atoms. The number of aliphatic hydroxyl groups is 1. The van der Waals surface area contributed by atoms with E-state index in [1.165, 1.54) is 44.2 Å². The summed E-state index contributed by atoms with van der Waals surface area (Å²) in [6, 6.07) is 50.3. The van der Waals surface area contributed by atoms with Crippen LogP contribution in [-0.4, -0.2) is 112 Å². The van der Waals surface area contributed by atoms with Crippen LogP contribution >= 0.6 is 6.89 Å². The van der Waals surface area contributed by atoms with Crippen molar-refractivity contribution < 1.29 is 109 Å². The van der Waals surface area contributed by atoms with Gasteiger partial charge in [-0.15, -0.1) is 0 Å². The predicted octanol–water partition coefficient (Wildman–Crippen LogP) is 18.4. The molecular weight excluding hydrogens is 1500 g/mol. The number of fused-ring (bicyclic) bond motifs is 1. The number of carbonyl (C=O) groups is 3. The first-order valence-electron chi connectivity index (χ1n) is 40.8. The number of ether oxygens (including phenoxy) is 3. The van der Waals surface area contributed by atoms with E-state index in [1.54, 1.807) is 14.2 Å². The maximum atomic E-state index is 13.5. The topological polar surface area (TPSA) is 170 Å². The molecule has 616 valence electrons. The van der Waals surface area contributed by atoms with Crippen LogP contribution in [0.25, 0.3) is 0 Å². The van der Waals surface area contributed by atoms with Gasteiger partial charge in [-0.25, -0.2) is 0 Å². The number of rotatable bonds is 35. The molecule has 1 aliphatic heterocycles. The van der Waals surface area contributed by atoms with Gasteiger partial charge in [-0.05, 0) is 187 Å². The zero-order valence-electron chi connectivity index (χ0n) is 72.5. The Hall–Kier alpha value is -3.55. The van der Waals surface area contributed by atoms with E-state index in [2.05, 4.69) is 299 Å². The maximum Gasteiger partial charge on any atom is 1.00 e. The number of allylic oxidation sites excluding steroid dienone is 3. The fraction of sp³-hybridized carbons (Fsp3) is 0.574. The number of aliphatic carboxylic acids is 2. The summed E-state index contributed by atoms with van der Waals surface area (Å²) in [6.07, 6.45) is 22.7. The van der Waals surface area contributed by atoms with Crippen LogP contribution in [0.4, 0.5) is 0 Å². The van der Waals surface area contributed by atoms with Crippen LogP contribution in [0.2, 0.25) is 78.6 Å². The number of aliphatic hydroxyl groups excluding tert-OH is 1. The van der Waals surface area contributed by atoms with E-state index < -0.39 is 58.1 Å². The third-order valence-electron chi connectivity index (χ3n) is 25.0. The Morgan fingerprint density at radius 2 is 1.04 bits per heavy atom. The van der Waals surface area contributed by atoms with Crippen LogP contribution < -0.4 is 72.4 Å². The number of carboxylic acid groups (broad SMARTS) is 2. The summed E-state index contributed by atoms with van der Waals surface area (Å²) in [5.41, 5.74) is 5.07. The zero-order valence-corrected chi connectivity index (χ0v) is 80.6. The number of carbonyl (C=O) groups excluding carboxylic acids is 2. The summed E-state index contributed by atoms with van der Waals surface area (Å²) in [4.78, 5) is 35.2. The summed E-state index contributed by atoms with van der Waals surface area (Å²) < 4.78 is 37.6. The van der Waals surface area contributed by atoms with Gasteiger partial charge in [-0.1, -0.05) is 291 Å². The quantitative estimate of drug-likeness (QED) is 0.0171. The van der Waals surface area contributed by atoms with Gasteiger partial charge in [0.2, 0.25) is 0 Å². The first-order chi connectivity index (χ1) is 51.4. The van der Waals surface area contributed by atoms with E-state index >= 15 is 0 Å². The van der Waals surface area contributed by atoms with E-state index in [0.717, 1.165) is 44.9 Å². The number of methoxy groups -OCH3 is 2. The smallest absolute Gasteiger partial charge is 0.550 e. The van der Waals surface area contributed by atoms with Crippen LogP contribution in [0, 0.1) is 29.6 Å². The standard InChI is InChI=1S/C38H64O5Si2.C32H56O5Si2.C23H23O2P.CH4.K/c1-37(2,3)44(8,9)28-30(22-21-29-17-16-18-31(25-29)27-42-7)23-24-33-32(19-14-12-13-15-20-36(40)41)34(39)26-35(33)43-45(10,11)38(4,5)6;1-31(2,3)38(8,9)36-25(16-15-23-13-12-14-24(19-23)22-34-7)17-18-26-27-20-30(33)35-28(27)21-29(26)37-39(10,11)32(4,5)6;24-23(25)18-10-11-19-26(20-12-4-1-5-13-20,21-14-6-2-7-15-21)22-16-8-3-9-17-22;;/h12,14,16-18,23-25,30,32-33,35H,13,15,19-22,26-28H2,1-11H3,(H,40,41);12-14,17-19,25-30,33H,15-16,20-22H2,1-11H3;1-9,12-17,19H,10-11,18H2,(H,24,25);1H4;/q;;;;+1/p-1/b14-12-,24-23+;18-17+;;;/t30-,32+,33+,35+;25?,26-,27-,28?,29-,30?;;;/m01.../s1. The van der Waals surface area contributed by atoms with Crippen LogP contribution in [0.5, 0.6) is 0 Å². The normalized spacial score (nSPS) is 20.5. The summed E-state index contributed by atoms with van der Waals surface area (Å²) in [7, 11) is -4.12. The number of carboxylic acids is 2. The van der Waals surface area contributed by atoms with Crippen LogP contribution in [-0.2, 0) is 67.9 Å². The van der Waals surface area contributed by atoms with Crippen molar-refractivity contribution in [3.05, 3.63) is 198 Å². The molecule has 1 saturated heterocycles. The molecule has 5 aromatic carbocycles. The first-order valence-corrected chi connectivity index (χ1v) is 54.6. The van der Waals surface area contributed by atoms with Crippen molar-refractivity contribution in [2.24, 2.45) is 29.6 Å². The monoisotopic (exact) mass is 1650 g/mol. The minimum absolute atomic E-state index is 0. The Morgan fingerprint density at radius 1 is 0.580 bits per heavy atom. The molecule has 2 saturated carbocycles. The third-order valence-corrected chi connectivity index (χ3v) is 48.3. The Kier molecular flexibility index (Phi) is 41.0. The molecule has 0 radical (unpaired) electrons. The zero-order chi connectivity index (χ0) is 81.5. The molecule has 2 N–H and O–H groups in total. The van der Waals surface area contributed by atoms with Gasteiger partial charge in [-0.3, -0.25) is 9.59 Å². The van der Waals surface area contributed by atoms with E-state index in [1.807, 2.05) is 18.2 Å². The predicted molar refractivity (Wildman–Crippen MR) is 477 cm³/mol. The third kappa shape index (κ3) is 30.4. The van der Waals surface area contributed by atoms with Crippen LogP contribution in [0.3, 0.4) is 0 Å². The van der Waals surface area contributed by atoms with Gasteiger partial charge in [-0.2, -0.15) is 0 Å². The Morgan fingerprint density at radius 3 is 1.51 bits per heavy atom. The van der Waals surface area contributed by atoms with Gasteiger partial charge in [0, 0.05) is 57.2 Å². The van der Waals surface area contributed by atoms with E-state index in [0.29, 0.717) is 62.1 Å². The molecule has 8 rings (SSSR count). The molecule has 0 amide bonds. The Balaban J connectivity index is 0.000000362. The number of benzene rings is 5. The van der Waals surface area contributed by atoms with Crippen molar-refractivity contribution in [3.8, 4) is 0 Å². The molecule has 0 bridgehead atoms. The van der Waals surface area contributed by atoms with Gasteiger partial charge in [0.25, 0.3) is 0 Å². The van der Waals surface area contributed by atoms with E-state index in [4.69, 9.17) is 32.6 Å². The fourth-order valence-corrected chi connectivity index (χ4v) is 24.8. The number of ketones is 1. The average Bonchev–Trinajstić information content (AvgIpc) is 0.823.